The summed E-state index contributed by atoms with van der Waals surface area (Å²) in [6.45, 7) is 0. The first kappa shape index (κ1) is 14.4. The van der Waals surface area contributed by atoms with Gasteiger partial charge in [0.15, 0.2) is 5.78 Å². The van der Waals surface area contributed by atoms with Gasteiger partial charge < -0.3 is 0 Å². The van der Waals surface area contributed by atoms with E-state index in [1.54, 1.807) is 6.20 Å². The van der Waals surface area contributed by atoms with Crippen LogP contribution in [-0.2, 0) is 6.42 Å². The van der Waals surface area contributed by atoms with Crippen LogP contribution in [0, 0.1) is 0 Å². The first-order valence-corrected chi connectivity index (χ1v) is 7.91. The normalized spacial score (nSPS) is 10.8. The third kappa shape index (κ3) is 3.19. The molecule has 2 aromatic heterocycles. The maximum Gasteiger partial charge on any atom is 0.188 e. The van der Waals surface area contributed by atoms with E-state index in [9.17, 15) is 4.79 Å². The molecule has 0 fully saturated rings. The van der Waals surface area contributed by atoms with Gasteiger partial charge in [0.25, 0.3) is 0 Å². The largest absolute Gasteiger partial charge is 0.292 e. The summed E-state index contributed by atoms with van der Waals surface area (Å²) in [5, 5.41) is 1.00. The van der Waals surface area contributed by atoms with Crippen molar-refractivity contribution in [3.8, 4) is 0 Å². The van der Waals surface area contributed by atoms with Gasteiger partial charge in [-0.3, -0.25) is 9.78 Å². The molecule has 0 atom stereocenters. The first-order chi connectivity index (χ1) is 10.1. The molecule has 3 nitrogen and oxygen atoms in total. The molecule has 0 spiro atoms. The molecule has 104 valence electrons. The quantitative estimate of drug-likeness (QED) is 0.599. The number of halogens is 2. The number of benzene rings is 1. The number of para-hydroxylation sites is 1. The molecule has 0 aliphatic carbocycles. The van der Waals surface area contributed by atoms with Crippen molar-refractivity contribution in [3.63, 3.8) is 0 Å². The van der Waals surface area contributed by atoms with E-state index in [2.05, 4.69) is 41.8 Å². The summed E-state index contributed by atoms with van der Waals surface area (Å²) in [7, 11) is 0. The molecule has 3 rings (SSSR count). The second-order valence-electron chi connectivity index (χ2n) is 4.58. The lowest BCUT2D eigenvalue weighted by molar-refractivity contribution is 0.0986. The molecule has 0 amide bonds. The van der Waals surface area contributed by atoms with E-state index in [1.807, 2.05) is 42.5 Å². The molecule has 0 aliphatic heterocycles. The van der Waals surface area contributed by atoms with Crippen molar-refractivity contribution >= 4 is 48.5 Å². The smallest absolute Gasteiger partial charge is 0.188 e. The summed E-state index contributed by atoms with van der Waals surface area (Å²) in [4.78, 5) is 21.1. The van der Waals surface area contributed by atoms with E-state index >= 15 is 0 Å². The predicted octanol–water partition coefficient (Wildman–Crippen LogP) is 4.58. The van der Waals surface area contributed by atoms with Crippen LogP contribution in [0.4, 0.5) is 0 Å². The fourth-order valence-electron chi connectivity index (χ4n) is 2.04. The molecule has 0 saturated heterocycles. The van der Waals surface area contributed by atoms with Crippen LogP contribution in [0.25, 0.3) is 10.9 Å². The number of rotatable bonds is 3. The van der Waals surface area contributed by atoms with E-state index in [1.165, 1.54) is 0 Å². The summed E-state index contributed by atoms with van der Waals surface area (Å²) in [6, 6.07) is 13.4. The minimum absolute atomic E-state index is 0.0533. The van der Waals surface area contributed by atoms with Crippen molar-refractivity contribution in [3.05, 3.63) is 69.0 Å². The number of carbonyl (C=O) groups excluding carboxylic acids is 1. The van der Waals surface area contributed by atoms with Crippen molar-refractivity contribution in [2.45, 2.75) is 6.42 Å². The summed E-state index contributed by atoms with van der Waals surface area (Å²) < 4.78 is 1.60. The molecule has 2 heterocycles. The zero-order valence-corrected chi connectivity index (χ0v) is 14.1. The molecule has 0 unspecified atom stereocenters. The Morgan fingerprint density at radius 1 is 1.10 bits per heavy atom. The molecule has 3 aromatic rings. The highest BCUT2D eigenvalue weighted by Gasteiger charge is 2.14. The third-order valence-corrected chi connectivity index (χ3v) is 4.15. The summed E-state index contributed by atoms with van der Waals surface area (Å²) in [6.07, 6.45) is 1.92. The number of hydrogen-bond donors (Lipinski definition) is 0. The van der Waals surface area contributed by atoms with Gasteiger partial charge in [0, 0.05) is 26.2 Å². The number of nitrogens with zero attached hydrogens (tertiary/aromatic N) is 2. The lowest BCUT2D eigenvalue weighted by atomic mass is 10.1. The van der Waals surface area contributed by atoms with Crippen molar-refractivity contribution in [2.24, 2.45) is 0 Å². The number of hydrogen-bond acceptors (Lipinski definition) is 3. The minimum Gasteiger partial charge on any atom is -0.292 e. The zero-order valence-electron chi connectivity index (χ0n) is 10.9. The highest BCUT2D eigenvalue weighted by atomic mass is 79.9. The van der Waals surface area contributed by atoms with E-state index < -0.39 is 0 Å². The van der Waals surface area contributed by atoms with Crippen molar-refractivity contribution in [1.29, 1.82) is 0 Å². The number of Topliss-reactive ketones (excluding diaryl/α,β-unsaturated/α-hetero) is 1. The minimum atomic E-state index is -0.0533. The van der Waals surface area contributed by atoms with Crippen LogP contribution in [-0.4, -0.2) is 15.8 Å². The molecule has 0 N–H and O–H groups in total. The van der Waals surface area contributed by atoms with Crippen LogP contribution < -0.4 is 0 Å². The fourth-order valence-corrected chi connectivity index (χ4v) is 2.84. The molecular weight excluding hydrogens is 396 g/mol. The van der Waals surface area contributed by atoms with Crippen LogP contribution in [0.15, 0.2) is 57.6 Å². The molecule has 0 saturated carbocycles. The Kier molecular flexibility index (Phi) is 4.12. The van der Waals surface area contributed by atoms with Crippen molar-refractivity contribution < 1.29 is 4.79 Å². The molecule has 1 aromatic carbocycles. The number of aromatic nitrogens is 2. The van der Waals surface area contributed by atoms with Gasteiger partial charge in [-0.05, 0) is 56.1 Å². The van der Waals surface area contributed by atoms with Crippen molar-refractivity contribution in [1.82, 2.24) is 9.97 Å². The first-order valence-electron chi connectivity index (χ1n) is 6.32. The maximum atomic E-state index is 12.4. The van der Waals surface area contributed by atoms with Crippen LogP contribution in [0.5, 0.6) is 0 Å². The highest BCUT2D eigenvalue weighted by molar-refractivity contribution is 9.10. The van der Waals surface area contributed by atoms with E-state index in [0.29, 0.717) is 10.2 Å². The van der Waals surface area contributed by atoms with Crippen LogP contribution in [0.1, 0.15) is 16.2 Å². The van der Waals surface area contributed by atoms with E-state index in [4.69, 9.17) is 0 Å². The van der Waals surface area contributed by atoms with Gasteiger partial charge in [-0.1, -0.05) is 18.2 Å². The lowest BCUT2D eigenvalue weighted by Crippen LogP contribution is -2.08. The summed E-state index contributed by atoms with van der Waals surface area (Å²) >= 11 is 6.76. The van der Waals surface area contributed by atoms with Gasteiger partial charge in [0.1, 0.15) is 5.69 Å². The van der Waals surface area contributed by atoms with E-state index in [-0.39, 0.29) is 12.2 Å². The second kappa shape index (κ2) is 6.03. The van der Waals surface area contributed by atoms with Gasteiger partial charge in [-0.2, -0.15) is 0 Å². The van der Waals surface area contributed by atoms with Gasteiger partial charge in [-0.15, -0.1) is 0 Å². The molecule has 0 aliphatic rings. The lowest BCUT2D eigenvalue weighted by Gasteiger charge is -2.05. The Morgan fingerprint density at radius 3 is 2.67 bits per heavy atom. The number of fused-ring (bicyclic) bond motifs is 1. The van der Waals surface area contributed by atoms with Gasteiger partial charge in [0.2, 0.25) is 0 Å². The van der Waals surface area contributed by atoms with Gasteiger partial charge >= 0.3 is 0 Å². The number of carbonyl (C=O) groups is 1. The average molecular weight is 406 g/mol. The van der Waals surface area contributed by atoms with Gasteiger partial charge in [0.05, 0.1) is 11.9 Å². The van der Waals surface area contributed by atoms with Crippen LogP contribution in [0.3, 0.4) is 0 Å². The maximum absolute atomic E-state index is 12.4. The number of ketones is 1. The molecule has 21 heavy (non-hydrogen) atoms. The third-order valence-electron chi connectivity index (χ3n) is 3.07. The zero-order chi connectivity index (χ0) is 14.8. The van der Waals surface area contributed by atoms with E-state index in [0.717, 1.165) is 21.1 Å². The topological polar surface area (TPSA) is 42.9 Å². The highest BCUT2D eigenvalue weighted by Crippen LogP contribution is 2.22. The van der Waals surface area contributed by atoms with Crippen molar-refractivity contribution in [2.75, 3.05) is 0 Å². The standard InChI is InChI=1S/C16H10Br2N2O/c17-11-5-6-12(19-9-11)8-15(21)16-13(18)7-10-3-1-2-4-14(10)20-16/h1-7,9H,8H2. The second-order valence-corrected chi connectivity index (χ2v) is 6.35. The molecule has 0 bridgehead atoms. The van der Waals surface area contributed by atoms with Crippen LogP contribution in [0.2, 0.25) is 0 Å². The van der Waals surface area contributed by atoms with Gasteiger partial charge in [-0.25, -0.2) is 4.98 Å². The Balaban J connectivity index is 1.93. The Morgan fingerprint density at radius 2 is 1.90 bits per heavy atom. The Bertz CT molecular complexity index is 816. The Hall–Kier alpha value is -1.59. The SMILES string of the molecule is O=C(Cc1ccc(Br)cn1)c1nc2ccccc2cc1Br. The van der Waals surface area contributed by atoms with Crippen LogP contribution >= 0.6 is 31.9 Å². The fraction of sp³-hybridized carbons (Fsp3) is 0.0625. The summed E-state index contributed by atoms with van der Waals surface area (Å²) in [5.74, 6) is -0.0533. The monoisotopic (exact) mass is 404 g/mol. The molecular formula is C16H10Br2N2O. The Labute approximate surface area is 138 Å². The average Bonchev–Trinajstić information content (AvgIpc) is 2.49. The predicted molar refractivity (Wildman–Crippen MR) is 89.4 cm³/mol. The number of pyridine rings is 2. The molecule has 0 radical (unpaired) electrons. The summed E-state index contributed by atoms with van der Waals surface area (Å²) in [5.41, 5.74) is 1.98. The molecule has 5 heteroatoms.